The Balaban J connectivity index is 2.33. The Kier molecular flexibility index (Phi) is 4.33. The highest BCUT2D eigenvalue weighted by molar-refractivity contribution is 9.10. The molecule has 0 aliphatic carbocycles. The van der Waals surface area contributed by atoms with Crippen molar-refractivity contribution in [2.75, 3.05) is 18.1 Å². The zero-order valence-corrected chi connectivity index (χ0v) is 13.6. The lowest BCUT2D eigenvalue weighted by Crippen LogP contribution is -2.49. The van der Waals surface area contributed by atoms with Crippen molar-refractivity contribution < 1.29 is 18.1 Å². The van der Waals surface area contributed by atoms with Crippen LogP contribution in [0.4, 0.5) is 5.69 Å². The number of sulfone groups is 1. The van der Waals surface area contributed by atoms with Crippen LogP contribution in [-0.2, 0) is 9.84 Å². The Morgan fingerprint density at radius 1 is 1.48 bits per heavy atom. The number of nitro groups is 1. The predicted octanol–water partition coefficient (Wildman–Crippen LogP) is 1.62. The first-order valence-electron chi connectivity index (χ1n) is 6.17. The topological polar surface area (TPSA) is 97.6 Å². The van der Waals surface area contributed by atoms with Crippen molar-refractivity contribution in [2.45, 2.75) is 13.0 Å². The highest BCUT2D eigenvalue weighted by atomic mass is 79.9. The molecule has 1 heterocycles. The molecule has 0 radical (unpaired) electrons. The van der Waals surface area contributed by atoms with Gasteiger partial charge in [-0.3, -0.25) is 14.9 Å². The van der Waals surface area contributed by atoms with Crippen molar-refractivity contribution in [3.63, 3.8) is 0 Å². The number of nitro benzene ring substituents is 1. The largest absolute Gasteiger partial charge is 0.334 e. The summed E-state index contributed by atoms with van der Waals surface area (Å²) in [5.41, 5.74) is -0.0338. The molecule has 0 N–H and O–H groups in total. The first kappa shape index (κ1) is 15.9. The molecule has 0 bridgehead atoms. The van der Waals surface area contributed by atoms with Crippen LogP contribution in [0.2, 0.25) is 0 Å². The Morgan fingerprint density at radius 3 is 2.71 bits per heavy atom. The van der Waals surface area contributed by atoms with Gasteiger partial charge in [0.25, 0.3) is 11.6 Å². The van der Waals surface area contributed by atoms with Crippen LogP contribution in [0.25, 0.3) is 0 Å². The van der Waals surface area contributed by atoms with Gasteiger partial charge in [-0.1, -0.05) is 6.07 Å². The number of carbonyl (C=O) groups is 1. The molecule has 1 aromatic carbocycles. The van der Waals surface area contributed by atoms with Gasteiger partial charge in [0.1, 0.15) is 4.47 Å². The number of nitrogens with zero attached hydrogens (tertiary/aromatic N) is 2. The smallest absolute Gasteiger partial charge is 0.284 e. The van der Waals surface area contributed by atoms with E-state index in [1.54, 1.807) is 6.92 Å². The van der Waals surface area contributed by atoms with Crippen molar-refractivity contribution >= 4 is 37.4 Å². The predicted molar refractivity (Wildman–Crippen MR) is 79.9 cm³/mol. The van der Waals surface area contributed by atoms with Crippen LogP contribution in [-0.4, -0.2) is 48.2 Å². The summed E-state index contributed by atoms with van der Waals surface area (Å²) < 4.78 is 23.2. The molecule has 0 aromatic heterocycles. The van der Waals surface area contributed by atoms with E-state index in [2.05, 4.69) is 15.9 Å². The van der Waals surface area contributed by atoms with E-state index in [1.165, 1.54) is 23.1 Å². The molecule has 1 aliphatic rings. The van der Waals surface area contributed by atoms with E-state index in [1.807, 2.05) is 0 Å². The van der Waals surface area contributed by atoms with Crippen LogP contribution < -0.4 is 0 Å². The summed E-state index contributed by atoms with van der Waals surface area (Å²) in [5, 5.41) is 10.9. The maximum Gasteiger partial charge on any atom is 0.284 e. The summed E-state index contributed by atoms with van der Waals surface area (Å²) in [4.78, 5) is 24.2. The lowest BCUT2D eigenvalue weighted by molar-refractivity contribution is -0.385. The van der Waals surface area contributed by atoms with Crippen LogP contribution in [0.3, 0.4) is 0 Å². The van der Waals surface area contributed by atoms with Crippen molar-refractivity contribution in [2.24, 2.45) is 0 Å². The Labute approximate surface area is 130 Å². The zero-order valence-electron chi connectivity index (χ0n) is 11.2. The Bertz CT molecular complexity index is 704. The number of amides is 1. The Hall–Kier alpha value is -1.48. The molecule has 114 valence electrons. The van der Waals surface area contributed by atoms with E-state index < -0.39 is 26.7 Å². The van der Waals surface area contributed by atoms with Gasteiger partial charge in [0.2, 0.25) is 0 Å². The normalized spacial score (nSPS) is 21.0. The fraction of sp³-hybridized carbons (Fsp3) is 0.417. The highest BCUT2D eigenvalue weighted by Gasteiger charge is 2.33. The third-order valence-corrected chi connectivity index (χ3v) is 5.96. The summed E-state index contributed by atoms with van der Waals surface area (Å²) in [7, 11) is -3.13. The molecule has 1 unspecified atom stereocenters. The monoisotopic (exact) mass is 376 g/mol. The lowest BCUT2D eigenvalue weighted by atomic mass is 10.1. The SMILES string of the molecule is CC1CS(=O)(=O)CCN1C(=O)c1cccc([N+](=O)[O-])c1Br. The molecule has 1 saturated heterocycles. The van der Waals surface area contributed by atoms with Crippen LogP contribution >= 0.6 is 15.9 Å². The molecule has 2 rings (SSSR count). The van der Waals surface area contributed by atoms with Gasteiger partial charge in [0.05, 0.1) is 22.0 Å². The third-order valence-electron chi connectivity index (χ3n) is 3.34. The number of hydrogen-bond acceptors (Lipinski definition) is 5. The van der Waals surface area contributed by atoms with Crippen LogP contribution in [0.1, 0.15) is 17.3 Å². The van der Waals surface area contributed by atoms with Gasteiger partial charge >= 0.3 is 0 Å². The molecule has 21 heavy (non-hydrogen) atoms. The first-order chi connectivity index (χ1) is 9.73. The molecule has 9 heteroatoms. The van der Waals surface area contributed by atoms with Crippen molar-refractivity contribution in [1.29, 1.82) is 0 Å². The summed E-state index contributed by atoms with van der Waals surface area (Å²) in [5.74, 6) is -0.589. The van der Waals surface area contributed by atoms with Crippen LogP contribution in [0.5, 0.6) is 0 Å². The number of halogens is 1. The van der Waals surface area contributed by atoms with E-state index in [0.29, 0.717) is 0 Å². The highest BCUT2D eigenvalue weighted by Crippen LogP contribution is 2.30. The molecule has 1 atom stereocenters. The molecule has 0 spiro atoms. The molecule has 1 amide bonds. The van der Waals surface area contributed by atoms with Gasteiger partial charge < -0.3 is 4.90 Å². The summed E-state index contributed by atoms with van der Waals surface area (Å²) >= 11 is 3.08. The summed E-state index contributed by atoms with van der Waals surface area (Å²) in [6.07, 6.45) is 0. The van der Waals surface area contributed by atoms with E-state index in [-0.39, 0.29) is 33.8 Å². The van der Waals surface area contributed by atoms with Gasteiger partial charge in [-0.15, -0.1) is 0 Å². The quantitative estimate of drug-likeness (QED) is 0.576. The minimum absolute atomic E-state index is 0.0877. The van der Waals surface area contributed by atoms with Crippen LogP contribution in [0.15, 0.2) is 22.7 Å². The minimum atomic E-state index is -3.13. The second-order valence-electron chi connectivity index (χ2n) is 4.86. The second-order valence-corrected chi connectivity index (χ2v) is 7.88. The van der Waals surface area contributed by atoms with Crippen molar-refractivity contribution in [3.05, 3.63) is 38.3 Å². The number of rotatable bonds is 2. The molecule has 1 fully saturated rings. The average Bonchev–Trinajstić information content (AvgIpc) is 2.36. The lowest BCUT2D eigenvalue weighted by Gasteiger charge is -2.33. The Morgan fingerprint density at radius 2 is 2.14 bits per heavy atom. The molecule has 7 nitrogen and oxygen atoms in total. The molecule has 0 saturated carbocycles. The van der Waals surface area contributed by atoms with E-state index >= 15 is 0 Å². The maximum atomic E-state index is 12.5. The number of benzene rings is 1. The number of hydrogen-bond donors (Lipinski definition) is 0. The van der Waals surface area contributed by atoms with Gasteiger partial charge in [-0.2, -0.15) is 0 Å². The maximum absolute atomic E-state index is 12.5. The third kappa shape index (κ3) is 3.24. The first-order valence-corrected chi connectivity index (χ1v) is 8.78. The standard InChI is InChI=1S/C12H13BrN2O5S/c1-8-7-21(19,20)6-5-14(8)12(16)9-3-2-4-10(11(9)13)15(17)18/h2-4,8H,5-7H2,1H3. The molecular weight excluding hydrogens is 364 g/mol. The zero-order chi connectivity index (χ0) is 15.8. The van der Waals surface area contributed by atoms with Gasteiger partial charge in [-0.25, -0.2) is 8.42 Å². The fourth-order valence-electron chi connectivity index (χ4n) is 2.28. The van der Waals surface area contributed by atoms with Crippen molar-refractivity contribution in [1.82, 2.24) is 4.90 Å². The molecule has 1 aliphatic heterocycles. The van der Waals surface area contributed by atoms with Crippen LogP contribution in [0, 0.1) is 10.1 Å². The number of carbonyl (C=O) groups excluding carboxylic acids is 1. The minimum Gasteiger partial charge on any atom is -0.334 e. The molecule has 1 aromatic rings. The van der Waals surface area contributed by atoms with Crippen molar-refractivity contribution in [3.8, 4) is 0 Å². The van der Waals surface area contributed by atoms with E-state index in [9.17, 15) is 23.3 Å². The average molecular weight is 377 g/mol. The van der Waals surface area contributed by atoms with Gasteiger partial charge in [0.15, 0.2) is 9.84 Å². The second kappa shape index (κ2) is 5.72. The summed E-state index contributed by atoms with van der Waals surface area (Å²) in [6.45, 7) is 1.75. The van der Waals surface area contributed by atoms with Gasteiger partial charge in [0, 0.05) is 18.7 Å². The van der Waals surface area contributed by atoms with E-state index in [0.717, 1.165) is 0 Å². The summed E-state index contributed by atoms with van der Waals surface area (Å²) in [6, 6.07) is 3.75. The van der Waals surface area contributed by atoms with E-state index in [4.69, 9.17) is 0 Å². The fourth-order valence-corrected chi connectivity index (χ4v) is 4.42. The molecular formula is C12H13BrN2O5S. The van der Waals surface area contributed by atoms with Gasteiger partial charge in [-0.05, 0) is 28.9 Å².